The van der Waals surface area contributed by atoms with Crippen molar-refractivity contribution in [2.45, 2.75) is 4.90 Å². The number of nitrogens with zero attached hydrogens (tertiary/aromatic N) is 1. The molecule has 1 aromatic carbocycles. The van der Waals surface area contributed by atoms with Crippen molar-refractivity contribution in [2.24, 2.45) is 0 Å². The number of sulfonamides is 1. The highest BCUT2D eigenvalue weighted by molar-refractivity contribution is 7.89. The molecule has 0 saturated carbocycles. The number of nitrogens with one attached hydrogen (secondary N) is 2. The highest BCUT2D eigenvalue weighted by atomic mass is 32.2. The Bertz CT molecular complexity index is 873. The molecule has 0 spiro atoms. The van der Waals surface area contributed by atoms with E-state index in [4.69, 9.17) is 21.4 Å². The lowest BCUT2D eigenvalue weighted by atomic mass is 10.3. The minimum absolute atomic E-state index is 0.0789. The van der Waals surface area contributed by atoms with Gasteiger partial charge >= 0.3 is 0 Å². The molecule has 26 heavy (non-hydrogen) atoms. The van der Waals surface area contributed by atoms with Crippen LogP contribution in [-0.2, 0) is 14.8 Å². The van der Waals surface area contributed by atoms with E-state index in [1.807, 2.05) is 0 Å². The van der Waals surface area contributed by atoms with E-state index in [1.54, 1.807) is 18.2 Å². The summed E-state index contributed by atoms with van der Waals surface area (Å²) in [5.41, 5.74) is 0.552. The first-order valence-electron chi connectivity index (χ1n) is 7.80. The monoisotopic (exact) mass is 395 g/mol. The fraction of sp³-hybridized carbons (Fsp3) is 0.250. The van der Waals surface area contributed by atoms with Crippen LogP contribution in [0.2, 0.25) is 0 Å². The zero-order chi connectivity index (χ0) is 18.6. The van der Waals surface area contributed by atoms with E-state index in [-0.39, 0.29) is 15.8 Å². The minimum atomic E-state index is -3.55. The summed E-state index contributed by atoms with van der Waals surface area (Å²) in [6.45, 7) is 1.46. The van der Waals surface area contributed by atoms with Crippen molar-refractivity contribution >= 4 is 38.9 Å². The van der Waals surface area contributed by atoms with Gasteiger partial charge in [-0.1, -0.05) is 0 Å². The SMILES string of the molecule is O=C(NC(=S)Nc1ccc(S(=O)(=O)N2CCOCC2)cc1)c1ccco1. The van der Waals surface area contributed by atoms with Crippen LogP contribution in [0.15, 0.2) is 52.0 Å². The molecule has 1 saturated heterocycles. The van der Waals surface area contributed by atoms with Crippen LogP contribution in [0.5, 0.6) is 0 Å². The van der Waals surface area contributed by atoms with E-state index in [9.17, 15) is 13.2 Å². The first-order valence-corrected chi connectivity index (χ1v) is 9.65. The summed E-state index contributed by atoms with van der Waals surface area (Å²) >= 11 is 5.07. The molecule has 138 valence electrons. The molecule has 10 heteroatoms. The number of rotatable bonds is 4. The predicted octanol–water partition coefficient (Wildman–Crippen LogP) is 1.43. The first kappa shape index (κ1) is 18.5. The van der Waals surface area contributed by atoms with Crippen LogP contribution >= 0.6 is 12.2 Å². The number of carbonyl (C=O) groups excluding carboxylic acids is 1. The van der Waals surface area contributed by atoms with Crippen LogP contribution < -0.4 is 10.6 Å². The largest absolute Gasteiger partial charge is 0.459 e. The Morgan fingerprint density at radius 1 is 1.12 bits per heavy atom. The van der Waals surface area contributed by atoms with Crippen molar-refractivity contribution in [2.75, 3.05) is 31.6 Å². The van der Waals surface area contributed by atoms with Gasteiger partial charge in [-0.15, -0.1) is 0 Å². The Morgan fingerprint density at radius 2 is 1.81 bits per heavy atom. The molecule has 0 radical (unpaired) electrons. The van der Waals surface area contributed by atoms with Crippen molar-refractivity contribution in [3.05, 3.63) is 48.4 Å². The number of ether oxygens (including phenoxy) is 1. The van der Waals surface area contributed by atoms with Crippen LogP contribution in [0, 0.1) is 0 Å². The van der Waals surface area contributed by atoms with Crippen LogP contribution in [0.4, 0.5) is 5.69 Å². The molecule has 2 N–H and O–H groups in total. The first-order chi connectivity index (χ1) is 12.5. The molecule has 2 heterocycles. The van der Waals surface area contributed by atoms with E-state index in [2.05, 4.69) is 10.6 Å². The third-order valence-electron chi connectivity index (χ3n) is 3.69. The average molecular weight is 395 g/mol. The molecule has 1 aromatic heterocycles. The molecule has 3 rings (SSSR count). The molecule has 1 amide bonds. The number of carbonyl (C=O) groups is 1. The second kappa shape index (κ2) is 7.96. The maximum absolute atomic E-state index is 12.6. The van der Waals surface area contributed by atoms with E-state index in [1.165, 1.54) is 28.8 Å². The Hall–Kier alpha value is -2.27. The summed E-state index contributed by atoms with van der Waals surface area (Å²) in [6, 6.07) is 9.26. The number of hydrogen-bond acceptors (Lipinski definition) is 6. The third-order valence-corrected chi connectivity index (χ3v) is 5.81. The van der Waals surface area contributed by atoms with Gasteiger partial charge in [0.05, 0.1) is 24.4 Å². The lowest BCUT2D eigenvalue weighted by Gasteiger charge is -2.26. The van der Waals surface area contributed by atoms with E-state index >= 15 is 0 Å². The second-order valence-electron chi connectivity index (χ2n) is 5.43. The van der Waals surface area contributed by atoms with Gasteiger partial charge in [-0.25, -0.2) is 8.42 Å². The van der Waals surface area contributed by atoms with Crippen LogP contribution in [0.1, 0.15) is 10.6 Å². The van der Waals surface area contributed by atoms with Gasteiger partial charge in [0.2, 0.25) is 10.0 Å². The summed E-state index contributed by atoms with van der Waals surface area (Å²) in [4.78, 5) is 12.0. The van der Waals surface area contributed by atoms with Crippen molar-refractivity contribution in [1.82, 2.24) is 9.62 Å². The normalized spacial score (nSPS) is 15.4. The maximum Gasteiger partial charge on any atom is 0.293 e. The number of anilines is 1. The summed E-state index contributed by atoms with van der Waals surface area (Å²) in [5, 5.41) is 5.38. The van der Waals surface area contributed by atoms with E-state index < -0.39 is 15.9 Å². The van der Waals surface area contributed by atoms with Gasteiger partial charge in [0.15, 0.2) is 10.9 Å². The van der Waals surface area contributed by atoms with Gasteiger partial charge in [0, 0.05) is 18.8 Å². The number of furan rings is 1. The summed E-state index contributed by atoms with van der Waals surface area (Å²) in [6.07, 6.45) is 1.39. The Balaban J connectivity index is 1.62. The van der Waals surface area contributed by atoms with Crippen molar-refractivity contribution in [1.29, 1.82) is 0 Å². The smallest absolute Gasteiger partial charge is 0.293 e. The number of thiocarbonyl (C=S) groups is 1. The Kier molecular flexibility index (Phi) is 5.67. The van der Waals surface area contributed by atoms with Gasteiger partial charge in [0.25, 0.3) is 5.91 Å². The quantitative estimate of drug-likeness (QED) is 0.755. The topological polar surface area (TPSA) is 101 Å². The highest BCUT2D eigenvalue weighted by Gasteiger charge is 2.26. The molecular formula is C16H17N3O5S2. The molecule has 1 aliphatic heterocycles. The molecular weight excluding hydrogens is 378 g/mol. The van der Waals surface area contributed by atoms with Crippen LogP contribution in [0.3, 0.4) is 0 Å². The summed E-state index contributed by atoms with van der Waals surface area (Å²) < 4.78 is 36.7. The average Bonchev–Trinajstić information content (AvgIpc) is 3.18. The number of amides is 1. The van der Waals surface area contributed by atoms with Gasteiger partial charge in [-0.05, 0) is 48.6 Å². The van der Waals surface area contributed by atoms with E-state index in [0.29, 0.717) is 32.0 Å². The Labute approximate surface area is 156 Å². The summed E-state index contributed by atoms with van der Waals surface area (Å²) in [5.74, 6) is -0.333. The molecule has 0 atom stereocenters. The standard InChI is InChI=1S/C16H17N3O5S2/c20-15(14-2-1-9-24-14)18-16(25)17-12-3-5-13(6-4-12)26(21,22)19-7-10-23-11-8-19/h1-6,9H,7-8,10-11H2,(H2,17,18,20,25). The third kappa shape index (κ3) is 4.28. The lowest BCUT2D eigenvalue weighted by molar-refractivity contribution is 0.0730. The fourth-order valence-electron chi connectivity index (χ4n) is 2.38. The molecule has 8 nitrogen and oxygen atoms in total. The molecule has 0 aliphatic carbocycles. The zero-order valence-corrected chi connectivity index (χ0v) is 15.3. The van der Waals surface area contributed by atoms with Gasteiger partial charge in [-0.3, -0.25) is 10.1 Å². The van der Waals surface area contributed by atoms with E-state index in [0.717, 1.165) is 0 Å². The van der Waals surface area contributed by atoms with Gasteiger partial charge in [-0.2, -0.15) is 4.31 Å². The zero-order valence-electron chi connectivity index (χ0n) is 13.7. The van der Waals surface area contributed by atoms with Crippen LogP contribution in [0.25, 0.3) is 0 Å². The fourth-order valence-corrected chi connectivity index (χ4v) is 4.00. The molecule has 2 aromatic rings. The number of benzene rings is 1. The predicted molar refractivity (Wildman–Crippen MR) is 98.4 cm³/mol. The number of morpholine rings is 1. The molecule has 0 bridgehead atoms. The van der Waals surface area contributed by atoms with Crippen molar-refractivity contribution in [3.63, 3.8) is 0 Å². The number of hydrogen-bond donors (Lipinski definition) is 2. The van der Waals surface area contributed by atoms with Gasteiger partial charge < -0.3 is 14.5 Å². The van der Waals surface area contributed by atoms with Gasteiger partial charge in [0.1, 0.15) is 0 Å². The van der Waals surface area contributed by atoms with Crippen molar-refractivity contribution in [3.8, 4) is 0 Å². The lowest BCUT2D eigenvalue weighted by Crippen LogP contribution is -2.40. The highest BCUT2D eigenvalue weighted by Crippen LogP contribution is 2.19. The Morgan fingerprint density at radius 3 is 2.42 bits per heavy atom. The molecule has 1 aliphatic rings. The maximum atomic E-state index is 12.6. The second-order valence-corrected chi connectivity index (χ2v) is 7.77. The molecule has 0 unspecified atom stereocenters. The molecule has 1 fully saturated rings. The van der Waals surface area contributed by atoms with Crippen molar-refractivity contribution < 1.29 is 22.4 Å². The van der Waals surface area contributed by atoms with Crippen LogP contribution in [-0.4, -0.2) is 50.0 Å². The summed E-state index contributed by atoms with van der Waals surface area (Å²) in [7, 11) is -3.55. The minimum Gasteiger partial charge on any atom is -0.459 e.